The molecule has 1 N–H and O–H groups in total. The van der Waals surface area contributed by atoms with E-state index in [2.05, 4.69) is 5.32 Å². The minimum Gasteiger partial charge on any atom is -0.481 e. The summed E-state index contributed by atoms with van der Waals surface area (Å²) in [7, 11) is 0. The average Bonchev–Trinajstić information content (AvgIpc) is 2.62. The molecule has 2 aliphatic heterocycles. The van der Waals surface area contributed by atoms with Crippen molar-refractivity contribution >= 4 is 0 Å². The van der Waals surface area contributed by atoms with Crippen molar-refractivity contribution in [1.29, 1.82) is 0 Å². The predicted octanol–water partition coefficient (Wildman–Crippen LogP) is 1.11. The SMILES string of the molecule is Cc1cccc2c1O[C@H]1CNC[C@@H]1O2. The zero-order chi connectivity index (χ0) is 9.54. The summed E-state index contributed by atoms with van der Waals surface area (Å²) in [5.41, 5.74) is 1.15. The second-order valence-electron chi connectivity index (χ2n) is 3.87. The molecule has 1 fully saturated rings. The van der Waals surface area contributed by atoms with Gasteiger partial charge in [-0.25, -0.2) is 0 Å². The van der Waals surface area contributed by atoms with E-state index in [-0.39, 0.29) is 12.2 Å². The van der Waals surface area contributed by atoms with E-state index >= 15 is 0 Å². The number of nitrogens with one attached hydrogen (secondary N) is 1. The van der Waals surface area contributed by atoms with Crippen LogP contribution >= 0.6 is 0 Å². The van der Waals surface area contributed by atoms with E-state index in [4.69, 9.17) is 9.47 Å². The average molecular weight is 191 g/mol. The first-order valence-electron chi connectivity index (χ1n) is 4.98. The van der Waals surface area contributed by atoms with Crippen LogP contribution in [0.4, 0.5) is 0 Å². The molecule has 0 unspecified atom stereocenters. The Morgan fingerprint density at radius 3 is 2.86 bits per heavy atom. The van der Waals surface area contributed by atoms with E-state index in [0.717, 1.165) is 30.2 Å². The molecule has 74 valence electrons. The fourth-order valence-corrected chi connectivity index (χ4v) is 2.05. The number of para-hydroxylation sites is 1. The van der Waals surface area contributed by atoms with Crippen molar-refractivity contribution < 1.29 is 9.47 Å². The lowest BCUT2D eigenvalue weighted by molar-refractivity contribution is 0.0545. The third kappa shape index (κ3) is 1.09. The maximum atomic E-state index is 5.90. The second kappa shape index (κ2) is 2.89. The lowest BCUT2D eigenvalue weighted by atomic mass is 10.1. The molecule has 0 saturated carbocycles. The molecule has 2 heterocycles. The second-order valence-corrected chi connectivity index (χ2v) is 3.87. The first-order chi connectivity index (χ1) is 6.84. The van der Waals surface area contributed by atoms with Gasteiger partial charge in [-0.3, -0.25) is 0 Å². The van der Waals surface area contributed by atoms with E-state index < -0.39 is 0 Å². The normalized spacial score (nSPS) is 28.6. The number of hydrogen-bond donors (Lipinski definition) is 1. The standard InChI is InChI=1S/C11H13NO2/c1-7-3-2-4-8-11(7)14-10-6-12-5-9(10)13-8/h2-4,9-10,12H,5-6H2,1H3/t9-,10-/m0/s1. The summed E-state index contributed by atoms with van der Waals surface area (Å²) >= 11 is 0. The molecule has 3 heteroatoms. The van der Waals surface area contributed by atoms with Crippen molar-refractivity contribution in [3.05, 3.63) is 23.8 Å². The molecular weight excluding hydrogens is 178 g/mol. The highest BCUT2D eigenvalue weighted by molar-refractivity contribution is 5.47. The topological polar surface area (TPSA) is 30.5 Å². The molecule has 3 nitrogen and oxygen atoms in total. The molecule has 1 aromatic rings. The minimum absolute atomic E-state index is 0.184. The van der Waals surface area contributed by atoms with Crippen LogP contribution in [0.2, 0.25) is 0 Å². The lowest BCUT2D eigenvalue weighted by Gasteiger charge is -2.29. The summed E-state index contributed by atoms with van der Waals surface area (Å²) in [4.78, 5) is 0. The van der Waals surface area contributed by atoms with E-state index in [1.165, 1.54) is 0 Å². The Hall–Kier alpha value is -1.22. The van der Waals surface area contributed by atoms with Crippen molar-refractivity contribution in [2.75, 3.05) is 13.1 Å². The summed E-state index contributed by atoms with van der Waals surface area (Å²) < 4.78 is 11.7. The largest absolute Gasteiger partial charge is 0.481 e. The van der Waals surface area contributed by atoms with Gasteiger partial charge in [-0.2, -0.15) is 0 Å². The molecule has 14 heavy (non-hydrogen) atoms. The van der Waals surface area contributed by atoms with Gasteiger partial charge < -0.3 is 14.8 Å². The van der Waals surface area contributed by atoms with E-state index in [0.29, 0.717) is 0 Å². The van der Waals surface area contributed by atoms with E-state index in [1.54, 1.807) is 0 Å². The molecule has 0 radical (unpaired) electrons. The molecule has 1 aromatic carbocycles. The molecule has 3 rings (SSSR count). The zero-order valence-corrected chi connectivity index (χ0v) is 8.12. The quantitative estimate of drug-likeness (QED) is 0.666. The van der Waals surface area contributed by atoms with Crippen LogP contribution in [0.5, 0.6) is 11.5 Å². The first kappa shape index (κ1) is 8.12. The molecule has 0 bridgehead atoms. The van der Waals surface area contributed by atoms with E-state index in [9.17, 15) is 0 Å². The Bertz CT molecular complexity index is 364. The molecule has 0 aromatic heterocycles. The molecule has 2 atom stereocenters. The number of benzene rings is 1. The Morgan fingerprint density at radius 1 is 1.21 bits per heavy atom. The van der Waals surface area contributed by atoms with Gasteiger partial charge in [0, 0.05) is 13.1 Å². The van der Waals surface area contributed by atoms with Gasteiger partial charge in [0.25, 0.3) is 0 Å². The van der Waals surface area contributed by atoms with Crippen LogP contribution in [0, 0.1) is 6.92 Å². The van der Waals surface area contributed by atoms with Crippen LogP contribution in [0.25, 0.3) is 0 Å². The highest BCUT2D eigenvalue weighted by Crippen LogP contribution is 2.37. The van der Waals surface area contributed by atoms with Crippen molar-refractivity contribution in [1.82, 2.24) is 5.32 Å². The van der Waals surface area contributed by atoms with Gasteiger partial charge >= 0.3 is 0 Å². The Kier molecular flexibility index (Phi) is 1.67. The van der Waals surface area contributed by atoms with Gasteiger partial charge in [-0.05, 0) is 18.6 Å². The minimum atomic E-state index is 0.184. The van der Waals surface area contributed by atoms with Crippen molar-refractivity contribution in [2.45, 2.75) is 19.1 Å². The highest BCUT2D eigenvalue weighted by atomic mass is 16.6. The summed E-state index contributed by atoms with van der Waals surface area (Å²) in [5, 5.41) is 3.27. The van der Waals surface area contributed by atoms with Gasteiger partial charge in [0.2, 0.25) is 0 Å². The molecule has 2 aliphatic rings. The van der Waals surface area contributed by atoms with Gasteiger partial charge in [0.15, 0.2) is 11.5 Å². The highest BCUT2D eigenvalue weighted by Gasteiger charge is 2.35. The maximum Gasteiger partial charge on any atom is 0.164 e. The van der Waals surface area contributed by atoms with Crippen molar-refractivity contribution in [2.24, 2.45) is 0 Å². The monoisotopic (exact) mass is 191 g/mol. The molecular formula is C11H13NO2. The van der Waals surface area contributed by atoms with Crippen LogP contribution in [0.1, 0.15) is 5.56 Å². The van der Waals surface area contributed by atoms with Crippen LogP contribution in [0.3, 0.4) is 0 Å². The molecule has 0 aliphatic carbocycles. The Balaban J connectivity index is 2.01. The third-order valence-electron chi connectivity index (χ3n) is 2.83. The van der Waals surface area contributed by atoms with Gasteiger partial charge in [0.1, 0.15) is 12.2 Å². The van der Waals surface area contributed by atoms with Gasteiger partial charge in [-0.15, -0.1) is 0 Å². The summed E-state index contributed by atoms with van der Waals surface area (Å²) in [6.45, 7) is 3.82. The number of ether oxygens (including phenoxy) is 2. The van der Waals surface area contributed by atoms with Crippen molar-refractivity contribution in [3.63, 3.8) is 0 Å². The molecule has 0 spiro atoms. The van der Waals surface area contributed by atoms with E-state index in [1.807, 2.05) is 25.1 Å². The zero-order valence-electron chi connectivity index (χ0n) is 8.12. The summed E-state index contributed by atoms with van der Waals surface area (Å²) in [6, 6.07) is 6.02. The van der Waals surface area contributed by atoms with Crippen LogP contribution in [0.15, 0.2) is 18.2 Å². The number of aryl methyl sites for hydroxylation is 1. The fraction of sp³-hybridized carbons (Fsp3) is 0.455. The Labute approximate surface area is 83.0 Å². The van der Waals surface area contributed by atoms with Crippen molar-refractivity contribution in [3.8, 4) is 11.5 Å². The number of hydrogen-bond acceptors (Lipinski definition) is 3. The van der Waals surface area contributed by atoms with Crippen LogP contribution in [-0.4, -0.2) is 25.3 Å². The smallest absolute Gasteiger partial charge is 0.164 e. The number of rotatable bonds is 0. The Morgan fingerprint density at radius 2 is 2.00 bits per heavy atom. The third-order valence-corrected chi connectivity index (χ3v) is 2.83. The van der Waals surface area contributed by atoms with Gasteiger partial charge in [0.05, 0.1) is 0 Å². The van der Waals surface area contributed by atoms with Crippen LogP contribution in [-0.2, 0) is 0 Å². The molecule has 0 amide bonds. The predicted molar refractivity (Wildman–Crippen MR) is 52.9 cm³/mol. The number of fused-ring (bicyclic) bond motifs is 2. The molecule has 1 saturated heterocycles. The maximum absolute atomic E-state index is 5.90. The lowest BCUT2D eigenvalue weighted by Crippen LogP contribution is -2.38. The first-order valence-corrected chi connectivity index (χ1v) is 4.98. The van der Waals surface area contributed by atoms with Gasteiger partial charge in [-0.1, -0.05) is 12.1 Å². The fourth-order valence-electron chi connectivity index (χ4n) is 2.05. The summed E-state index contributed by atoms with van der Waals surface area (Å²) in [5.74, 6) is 1.80. The van der Waals surface area contributed by atoms with Crippen LogP contribution < -0.4 is 14.8 Å². The summed E-state index contributed by atoms with van der Waals surface area (Å²) in [6.07, 6.45) is 0.368.